The van der Waals surface area contributed by atoms with Crippen molar-refractivity contribution in [2.24, 2.45) is 5.10 Å². The van der Waals surface area contributed by atoms with Crippen molar-refractivity contribution in [3.8, 4) is 0 Å². The summed E-state index contributed by atoms with van der Waals surface area (Å²) in [6, 6.07) is 6.36. The van der Waals surface area contributed by atoms with E-state index in [1.54, 1.807) is 0 Å². The molecule has 1 aliphatic carbocycles. The Morgan fingerprint density at radius 2 is 1.97 bits per heavy atom. The molecule has 1 aliphatic heterocycles. The van der Waals surface area contributed by atoms with Crippen molar-refractivity contribution in [3.05, 3.63) is 68.1 Å². The fourth-order valence-corrected chi connectivity index (χ4v) is 5.15. The Bertz CT molecular complexity index is 1170. The monoisotopic (exact) mass is 461 g/mol. The maximum atomic E-state index is 13.4. The minimum absolute atomic E-state index is 0.160. The average Bonchev–Trinajstić information content (AvgIpc) is 3.35. The molecule has 0 atom stereocenters. The Morgan fingerprint density at radius 3 is 2.62 bits per heavy atom. The Morgan fingerprint density at radius 1 is 1.21 bits per heavy atom. The minimum atomic E-state index is -0.190. The smallest absolute Gasteiger partial charge is 0.253 e. The number of aryl methyl sites for hydroxylation is 2. The van der Waals surface area contributed by atoms with Gasteiger partial charge in [-0.25, -0.2) is 0 Å². The highest BCUT2D eigenvalue weighted by atomic mass is 16.1. The zero-order valence-electron chi connectivity index (χ0n) is 20.5. The Balaban J connectivity index is 1.70. The SMILES string of the molecule is C=NN(c1cc(C2=CCNCC2)cc(C(=O)NCc2c(C)cc(C)[nH]c2=O)c1C)C1CCCC1. The molecular weight excluding hydrogens is 426 g/mol. The number of carbonyl (C=O) groups is 1. The minimum Gasteiger partial charge on any atom is -0.348 e. The number of carbonyl (C=O) groups excluding carboxylic acids is 1. The molecule has 2 aromatic rings. The van der Waals surface area contributed by atoms with Crippen LogP contribution in [0.1, 0.15) is 70.4 Å². The molecule has 1 saturated carbocycles. The van der Waals surface area contributed by atoms with Crippen LogP contribution >= 0.6 is 0 Å². The predicted molar refractivity (Wildman–Crippen MR) is 139 cm³/mol. The third kappa shape index (κ3) is 4.99. The van der Waals surface area contributed by atoms with E-state index < -0.39 is 0 Å². The molecule has 180 valence electrons. The van der Waals surface area contributed by atoms with Gasteiger partial charge in [0.1, 0.15) is 0 Å². The molecule has 0 bridgehead atoms. The molecule has 1 amide bonds. The van der Waals surface area contributed by atoms with Crippen LogP contribution in [-0.2, 0) is 6.54 Å². The summed E-state index contributed by atoms with van der Waals surface area (Å²) in [5.74, 6) is -0.190. The Labute approximate surface area is 201 Å². The lowest BCUT2D eigenvalue weighted by atomic mass is 9.94. The van der Waals surface area contributed by atoms with Gasteiger partial charge in [-0.3, -0.25) is 14.6 Å². The van der Waals surface area contributed by atoms with Crippen LogP contribution in [0.15, 0.2) is 34.2 Å². The van der Waals surface area contributed by atoms with Gasteiger partial charge >= 0.3 is 0 Å². The lowest BCUT2D eigenvalue weighted by Crippen LogP contribution is -2.31. The van der Waals surface area contributed by atoms with Crippen LogP contribution in [0, 0.1) is 20.8 Å². The zero-order chi connectivity index (χ0) is 24.2. The van der Waals surface area contributed by atoms with E-state index in [0.29, 0.717) is 17.2 Å². The number of aromatic nitrogens is 1. The molecule has 0 radical (unpaired) electrons. The molecule has 2 aliphatic rings. The molecular formula is C27H35N5O2. The van der Waals surface area contributed by atoms with Crippen LogP contribution in [0.3, 0.4) is 0 Å². The van der Waals surface area contributed by atoms with Crippen LogP contribution in [0.5, 0.6) is 0 Å². The van der Waals surface area contributed by atoms with Crippen LogP contribution in [-0.4, -0.2) is 36.7 Å². The second-order valence-corrected chi connectivity index (χ2v) is 9.40. The fraction of sp³-hybridized carbons (Fsp3) is 0.444. The predicted octanol–water partition coefficient (Wildman–Crippen LogP) is 3.97. The topological polar surface area (TPSA) is 89.6 Å². The highest BCUT2D eigenvalue weighted by Gasteiger charge is 2.26. The van der Waals surface area contributed by atoms with Crippen molar-refractivity contribution >= 4 is 23.9 Å². The van der Waals surface area contributed by atoms with E-state index in [1.807, 2.05) is 37.9 Å². The molecule has 1 fully saturated rings. The van der Waals surface area contributed by atoms with Gasteiger partial charge in [0.15, 0.2) is 0 Å². The molecule has 7 nitrogen and oxygen atoms in total. The average molecular weight is 462 g/mol. The number of hydrogen-bond donors (Lipinski definition) is 3. The molecule has 4 rings (SSSR count). The fourth-order valence-electron chi connectivity index (χ4n) is 5.15. The molecule has 1 aromatic heterocycles. The summed E-state index contributed by atoms with van der Waals surface area (Å²) >= 11 is 0. The molecule has 0 spiro atoms. The van der Waals surface area contributed by atoms with Crippen molar-refractivity contribution in [1.29, 1.82) is 0 Å². The summed E-state index contributed by atoms with van der Waals surface area (Å²) in [6.45, 7) is 11.5. The number of rotatable bonds is 7. The van der Waals surface area contributed by atoms with E-state index in [1.165, 1.54) is 18.4 Å². The number of H-pyrrole nitrogens is 1. The number of nitrogens with one attached hydrogen (secondary N) is 3. The van der Waals surface area contributed by atoms with E-state index in [9.17, 15) is 9.59 Å². The number of amides is 1. The second-order valence-electron chi connectivity index (χ2n) is 9.40. The third-order valence-corrected chi connectivity index (χ3v) is 7.05. The van der Waals surface area contributed by atoms with Crippen molar-refractivity contribution < 1.29 is 4.79 Å². The standard InChI is InChI=1S/C27H35N5O2/c1-17-13-18(2)31-27(34)24(17)16-30-26(33)23-14-21(20-9-11-29-12-10-20)15-25(19(23)3)32(28-4)22-7-5-6-8-22/h9,13-15,22,29H,4-8,10-12,16H2,1-3H3,(H,30,33)(H,31,34). The van der Waals surface area contributed by atoms with Crippen LogP contribution in [0.25, 0.3) is 5.57 Å². The quantitative estimate of drug-likeness (QED) is 0.430. The lowest BCUT2D eigenvalue weighted by molar-refractivity contribution is 0.0950. The maximum absolute atomic E-state index is 13.4. The number of hydrogen-bond acceptors (Lipinski definition) is 5. The van der Waals surface area contributed by atoms with E-state index in [4.69, 9.17) is 0 Å². The molecule has 1 aromatic carbocycles. The largest absolute Gasteiger partial charge is 0.348 e. The normalized spacial score (nSPS) is 16.3. The number of aromatic amines is 1. The molecule has 7 heteroatoms. The van der Waals surface area contributed by atoms with E-state index in [2.05, 4.69) is 39.6 Å². The summed E-state index contributed by atoms with van der Waals surface area (Å²) in [6.07, 6.45) is 7.62. The van der Waals surface area contributed by atoms with Crippen molar-refractivity contribution in [2.75, 3.05) is 18.1 Å². The molecule has 34 heavy (non-hydrogen) atoms. The first-order chi connectivity index (χ1) is 16.4. The van der Waals surface area contributed by atoms with Gasteiger partial charge in [-0.2, -0.15) is 5.10 Å². The summed E-state index contributed by atoms with van der Waals surface area (Å²) < 4.78 is 0. The lowest BCUT2D eigenvalue weighted by Gasteiger charge is -2.29. The van der Waals surface area contributed by atoms with Gasteiger partial charge < -0.3 is 15.6 Å². The van der Waals surface area contributed by atoms with Crippen molar-refractivity contribution in [2.45, 2.75) is 65.5 Å². The van der Waals surface area contributed by atoms with E-state index in [0.717, 1.165) is 60.4 Å². The van der Waals surface area contributed by atoms with Gasteiger partial charge in [-0.15, -0.1) is 0 Å². The molecule has 0 unspecified atom stereocenters. The van der Waals surface area contributed by atoms with Gasteiger partial charge in [0.05, 0.1) is 11.7 Å². The van der Waals surface area contributed by atoms with E-state index >= 15 is 0 Å². The zero-order valence-corrected chi connectivity index (χ0v) is 20.5. The highest BCUT2D eigenvalue weighted by molar-refractivity contribution is 5.98. The Kier molecular flexibility index (Phi) is 7.32. The highest BCUT2D eigenvalue weighted by Crippen LogP contribution is 2.35. The van der Waals surface area contributed by atoms with Crippen LogP contribution < -0.4 is 21.2 Å². The summed E-state index contributed by atoms with van der Waals surface area (Å²) in [5.41, 5.74) is 6.80. The summed E-state index contributed by atoms with van der Waals surface area (Å²) in [7, 11) is 0. The summed E-state index contributed by atoms with van der Waals surface area (Å²) in [5, 5.41) is 12.7. The van der Waals surface area contributed by atoms with Gasteiger partial charge in [0.25, 0.3) is 11.5 Å². The first-order valence-corrected chi connectivity index (χ1v) is 12.2. The summed E-state index contributed by atoms with van der Waals surface area (Å²) in [4.78, 5) is 28.7. The van der Waals surface area contributed by atoms with Crippen molar-refractivity contribution in [1.82, 2.24) is 15.6 Å². The van der Waals surface area contributed by atoms with Gasteiger partial charge in [-0.1, -0.05) is 18.9 Å². The van der Waals surface area contributed by atoms with Crippen molar-refractivity contribution in [3.63, 3.8) is 0 Å². The number of hydrazone groups is 1. The van der Waals surface area contributed by atoms with E-state index in [-0.39, 0.29) is 18.0 Å². The first kappa shape index (κ1) is 24.0. The number of pyridine rings is 1. The van der Waals surface area contributed by atoms with Gasteiger partial charge in [0, 0.05) is 36.6 Å². The number of anilines is 1. The number of nitrogens with zero attached hydrogens (tertiary/aromatic N) is 2. The Hall–Kier alpha value is -3.19. The van der Waals surface area contributed by atoms with Crippen LogP contribution in [0.4, 0.5) is 5.69 Å². The molecule has 2 heterocycles. The third-order valence-electron chi connectivity index (χ3n) is 7.05. The molecule has 0 saturated heterocycles. The van der Waals surface area contributed by atoms with Gasteiger partial charge in [-0.05, 0) is 87.0 Å². The molecule has 3 N–H and O–H groups in total. The maximum Gasteiger partial charge on any atom is 0.253 e. The first-order valence-electron chi connectivity index (χ1n) is 12.2. The second kappa shape index (κ2) is 10.4. The van der Waals surface area contributed by atoms with Crippen LogP contribution in [0.2, 0.25) is 0 Å². The van der Waals surface area contributed by atoms with Gasteiger partial charge in [0.2, 0.25) is 0 Å². The number of benzene rings is 1.